The largest absolute Gasteiger partial charge is 0.396 e. The number of amides is 1. The minimum atomic E-state index is -0.0918. The molecule has 2 rings (SSSR count). The third-order valence-corrected chi connectivity index (χ3v) is 3.67. The second-order valence-electron chi connectivity index (χ2n) is 5.21. The van der Waals surface area contributed by atoms with Crippen LogP contribution in [0.5, 0.6) is 0 Å². The molecule has 0 aromatic heterocycles. The van der Waals surface area contributed by atoms with E-state index in [9.17, 15) is 4.79 Å². The molecule has 1 heterocycles. The van der Waals surface area contributed by atoms with Gasteiger partial charge in [0.1, 0.15) is 0 Å². The summed E-state index contributed by atoms with van der Waals surface area (Å²) >= 11 is 0. The quantitative estimate of drug-likeness (QED) is 0.771. The van der Waals surface area contributed by atoms with Crippen LogP contribution < -0.4 is 10.6 Å². The summed E-state index contributed by atoms with van der Waals surface area (Å²) in [6, 6.07) is 7.55. The van der Waals surface area contributed by atoms with E-state index in [4.69, 9.17) is 5.11 Å². The first-order valence-electron chi connectivity index (χ1n) is 6.95. The highest BCUT2D eigenvalue weighted by Crippen LogP contribution is 2.17. The summed E-state index contributed by atoms with van der Waals surface area (Å²) in [4.78, 5) is 12.2. The summed E-state index contributed by atoms with van der Waals surface area (Å²) < 4.78 is 0. The number of piperidine rings is 1. The average molecular weight is 262 g/mol. The SMILES string of the molecule is CC1CCCNC1C(=O)Nc1ccc(CCO)cc1. The van der Waals surface area contributed by atoms with E-state index in [2.05, 4.69) is 17.6 Å². The Labute approximate surface area is 114 Å². The second kappa shape index (κ2) is 6.68. The van der Waals surface area contributed by atoms with Gasteiger partial charge in [0.05, 0.1) is 6.04 Å². The van der Waals surface area contributed by atoms with Gasteiger partial charge in [-0.25, -0.2) is 0 Å². The molecular formula is C15H22N2O2. The standard InChI is InChI=1S/C15H22N2O2/c1-11-3-2-9-16-14(11)15(19)17-13-6-4-12(5-7-13)8-10-18/h4-7,11,14,16,18H,2-3,8-10H2,1H3,(H,17,19). The van der Waals surface area contributed by atoms with Gasteiger partial charge in [-0.05, 0) is 49.4 Å². The highest BCUT2D eigenvalue weighted by molar-refractivity contribution is 5.95. The first kappa shape index (κ1) is 14.0. The van der Waals surface area contributed by atoms with Crippen LogP contribution in [0.25, 0.3) is 0 Å². The number of aliphatic hydroxyl groups is 1. The van der Waals surface area contributed by atoms with Crippen LogP contribution in [0, 0.1) is 5.92 Å². The number of rotatable bonds is 4. The maximum Gasteiger partial charge on any atom is 0.241 e. The van der Waals surface area contributed by atoms with Crippen LogP contribution in [-0.2, 0) is 11.2 Å². The van der Waals surface area contributed by atoms with E-state index >= 15 is 0 Å². The number of carbonyl (C=O) groups excluding carboxylic acids is 1. The van der Waals surface area contributed by atoms with Crippen molar-refractivity contribution >= 4 is 11.6 Å². The van der Waals surface area contributed by atoms with Gasteiger partial charge < -0.3 is 15.7 Å². The van der Waals surface area contributed by atoms with E-state index in [0.717, 1.165) is 30.6 Å². The lowest BCUT2D eigenvalue weighted by Gasteiger charge is -2.28. The monoisotopic (exact) mass is 262 g/mol. The van der Waals surface area contributed by atoms with Crippen molar-refractivity contribution in [3.63, 3.8) is 0 Å². The van der Waals surface area contributed by atoms with Gasteiger partial charge in [-0.15, -0.1) is 0 Å². The molecule has 19 heavy (non-hydrogen) atoms. The molecule has 3 N–H and O–H groups in total. The van der Waals surface area contributed by atoms with Gasteiger partial charge in [0.2, 0.25) is 5.91 Å². The molecule has 0 radical (unpaired) electrons. The molecule has 2 atom stereocenters. The van der Waals surface area contributed by atoms with Crippen LogP contribution in [0.3, 0.4) is 0 Å². The molecule has 0 saturated carbocycles. The molecule has 0 bridgehead atoms. The van der Waals surface area contributed by atoms with Crippen molar-refractivity contribution in [2.24, 2.45) is 5.92 Å². The minimum Gasteiger partial charge on any atom is -0.396 e. The second-order valence-corrected chi connectivity index (χ2v) is 5.21. The zero-order valence-corrected chi connectivity index (χ0v) is 11.4. The molecule has 0 spiro atoms. The highest BCUT2D eigenvalue weighted by Gasteiger charge is 2.27. The number of hydrogen-bond donors (Lipinski definition) is 3. The van der Waals surface area contributed by atoms with Gasteiger partial charge >= 0.3 is 0 Å². The van der Waals surface area contributed by atoms with E-state index in [0.29, 0.717) is 12.3 Å². The van der Waals surface area contributed by atoms with Gasteiger partial charge in [0, 0.05) is 12.3 Å². The van der Waals surface area contributed by atoms with Crippen molar-refractivity contribution in [2.75, 3.05) is 18.5 Å². The zero-order chi connectivity index (χ0) is 13.7. The van der Waals surface area contributed by atoms with Crippen molar-refractivity contribution in [1.82, 2.24) is 5.32 Å². The highest BCUT2D eigenvalue weighted by atomic mass is 16.2. The number of aliphatic hydroxyl groups excluding tert-OH is 1. The predicted octanol–water partition coefficient (Wildman–Crippen LogP) is 1.55. The van der Waals surface area contributed by atoms with Crippen LogP contribution in [-0.4, -0.2) is 30.2 Å². The molecular weight excluding hydrogens is 240 g/mol. The Morgan fingerprint density at radius 3 is 2.79 bits per heavy atom. The van der Waals surface area contributed by atoms with Crippen LogP contribution >= 0.6 is 0 Å². The summed E-state index contributed by atoms with van der Waals surface area (Å²) in [5.41, 5.74) is 1.89. The Morgan fingerprint density at radius 1 is 1.42 bits per heavy atom. The lowest BCUT2D eigenvalue weighted by Crippen LogP contribution is -2.48. The Morgan fingerprint density at radius 2 is 2.16 bits per heavy atom. The molecule has 2 unspecified atom stereocenters. The Hall–Kier alpha value is -1.39. The molecule has 1 amide bonds. The maximum atomic E-state index is 12.2. The average Bonchev–Trinajstić information content (AvgIpc) is 2.42. The normalized spacial score (nSPS) is 23.1. The zero-order valence-electron chi connectivity index (χ0n) is 11.4. The molecule has 104 valence electrons. The number of hydrogen-bond acceptors (Lipinski definition) is 3. The lowest BCUT2D eigenvalue weighted by molar-refractivity contribution is -0.119. The van der Waals surface area contributed by atoms with E-state index in [1.165, 1.54) is 0 Å². The van der Waals surface area contributed by atoms with Gasteiger partial charge in [0.25, 0.3) is 0 Å². The van der Waals surface area contributed by atoms with E-state index in [-0.39, 0.29) is 18.6 Å². The van der Waals surface area contributed by atoms with Crippen LogP contribution in [0.1, 0.15) is 25.3 Å². The predicted molar refractivity (Wildman–Crippen MR) is 76.1 cm³/mol. The molecule has 4 heteroatoms. The molecule has 4 nitrogen and oxygen atoms in total. The first-order chi connectivity index (χ1) is 9.20. The summed E-state index contributed by atoms with van der Waals surface area (Å²) in [6.07, 6.45) is 2.89. The number of benzene rings is 1. The van der Waals surface area contributed by atoms with Crippen molar-refractivity contribution in [3.8, 4) is 0 Å². The van der Waals surface area contributed by atoms with E-state index in [1.807, 2.05) is 24.3 Å². The smallest absolute Gasteiger partial charge is 0.241 e. The van der Waals surface area contributed by atoms with Gasteiger partial charge in [-0.1, -0.05) is 19.1 Å². The lowest BCUT2D eigenvalue weighted by atomic mass is 9.92. The summed E-state index contributed by atoms with van der Waals surface area (Å²) in [5.74, 6) is 0.421. The van der Waals surface area contributed by atoms with Crippen molar-refractivity contribution in [1.29, 1.82) is 0 Å². The number of anilines is 1. The van der Waals surface area contributed by atoms with Crippen LogP contribution in [0.2, 0.25) is 0 Å². The Bertz CT molecular complexity index is 417. The first-order valence-corrected chi connectivity index (χ1v) is 6.95. The summed E-state index contributed by atoms with van der Waals surface area (Å²) in [6.45, 7) is 3.17. The fourth-order valence-electron chi connectivity index (χ4n) is 2.50. The molecule has 1 fully saturated rings. The van der Waals surface area contributed by atoms with E-state index in [1.54, 1.807) is 0 Å². The Kier molecular flexibility index (Phi) is 4.93. The van der Waals surface area contributed by atoms with Crippen LogP contribution in [0.15, 0.2) is 24.3 Å². The molecule has 0 aliphatic carbocycles. The van der Waals surface area contributed by atoms with Crippen molar-refractivity contribution < 1.29 is 9.90 Å². The van der Waals surface area contributed by atoms with Gasteiger partial charge in [-0.3, -0.25) is 4.79 Å². The van der Waals surface area contributed by atoms with Gasteiger partial charge in [0.15, 0.2) is 0 Å². The molecule has 1 aromatic carbocycles. The topological polar surface area (TPSA) is 61.4 Å². The third kappa shape index (κ3) is 3.78. The van der Waals surface area contributed by atoms with Gasteiger partial charge in [-0.2, -0.15) is 0 Å². The van der Waals surface area contributed by atoms with Crippen LogP contribution in [0.4, 0.5) is 5.69 Å². The fraction of sp³-hybridized carbons (Fsp3) is 0.533. The Balaban J connectivity index is 1.94. The number of carbonyl (C=O) groups is 1. The van der Waals surface area contributed by atoms with Crippen molar-refractivity contribution in [2.45, 2.75) is 32.2 Å². The molecule has 1 aromatic rings. The molecule has 1 saturated heterocycles. The third-order valence-electron chi connectivity index (χ3n) is 3.67. The minimum absolute atomic E-state index is 0.0436. The molecule has 1 aliphatic rings. The molecule has 1 aliphatic heterocycles. The summed E-state index contributed by atoms with van der Waals surface area (Å²) in [5, 5.41) is 15.1. The summed E-state index contributed by atoms with van der Waals surface area (Å²) in [7, 11) is 0. The number of nitrogens with one attached hydrogen (secondary N) is 2. The maximum absolute atomic E-state index is 12.2. The van der Waals surface area contributed by atoms with E-state index < -0.39 is 0 Å². The van der Waals surface area contributed by atoms with Crippen molar-refractivity contribution in [3.05, 3.63) is 29.8 Å². The fourth-order valence-corrected chi connectivity index (χ4v) is 2.50.